The Morgan fingerprint density at radius 1 is 0.818 bits per heavy atom. The van der Waals surface area contributed by atoms with Crippen LogP contribution < -0.4 is 0 Å². The van der Waals surface area contributed by atoms with E-state index in [1.54, 1.807) is 15.8 Å². The summed E-state index contributed by atoms with van der Waals surface area (Å²) in [6.07, 6.45) is 5.60. The van der Waals surface area contributed by atoms with Crippen LogP contribution >= 0.6 is 0 Å². The van der Waals surface area contributed by atoms with Crippen LogP contribution in [0.15, 0.2) is 0 Å². The fraction of sp³-hybridized carbons (Fsp3) is 0.900. The topological polar surface area (TPSA) is 0 Å². The van der Waals surface area contributed by atoms with E-state index in [9.17, 15) is 0 Å². The molecule has 0 heterocycles. The minimum absolute atomic E-state index is 0. The molecule has 0 N–H and O–H groups in total. The molecule has 0 unspecified atom stereocenters. The minimum Gasteiger partial charge on any atom is -0.343 e. The van der Waals surface area contributed by atoms with Gasteiger partial charge in [-0.1, -0.05) is 95.4 Å². The molecule has 0 bridgehead atoms. The first kappa shape index (κ1) is 31.1. The van der Waals surface area contributed by atoms with Crippen molar-refractivity contribution in [3.8, 4) is 0 Å². The SMILES string of the molecule is CC(C)[CH2][Al]([CH2]C(C)C)[CH2]C(C)C.C[CH-]CC.[CH2-]CCC.[Mg+2]. The molecule has 0 radical (unpaired) electrons. The van der Waals surface area contributed by atoms with E-state index < -0.39 is 14.1 Å². The van der Waals surface area contributed by atoms with Gasteiger partial charge < -0.3 is 13.3 Å². The van der Waals surface area contributed by atoms with Crippen molar-refractivity contribution in [1.29, 1.82) is 0 Å². The molecule has 0 fully saturated rings. The summed E-state index contributed by atoms with van der Waals surface area (Å²) in [5.41, 5.74) is 0. The summed E-state index contributed by atoms with van der Waals surface area (Å²) in [4.78, 5) is 0. The molecule has 130 valence electrons. The van der Waals surface area contributed by atoms with Gasteiger partial charge in [0.25, 0.3) is 14.1 Å². The predicted octanol–water partition coefficient (Wildman–Crippen LogP) is 7.31. The van der Waals surface area contributed by atoms with Gasteiger partial charge in [-0.05, 0) is 0 Å². The molecule has 0 saturated carbocycles. The van der Waals surface area contributed by atoms with Crippen LogP contribution in [0.1, 0.15) is 81.6 Å². The molecule has 0 saturated heterocycles. The minimum atomic E-state index is -0.407. The molecule has 0 aromatic heterocycles. The van der Waals surface area contributed by atoms with Crippen LogP contribution in [0.25, 0.3) is 0 Å². The smallest absolute Gasteiger partial charge is 0.343 e. The van der Waals surface area contributed by atoms with Gasteiger partial charge in [-0.2, -0.15) is 19.8 Å². The Hall–Kier alpha value is 1.30. The zero-order valence-corrected chi connectivity index (χ0v) is 20.1. The number of rotatable bonds is 8. The zero-order valence-electron chi connectivity index (χ0n) is 17.5. The summed E-state index contributed by atoms with van der Waals surface area (Å²) in [6.45, 7) is 24.2. The molecule has 0 atom stereocenters. The normalized spacial score (nSPS) is 9.68. The van der Waals surface area contributed by atoms with Gasteiger partial charge in [0.05, 0.1) is 0 Å². The van der Waals surface area contributed by atoms with E-state index in [0.29, 0.717) is 0 Å². The van der Waals surface area contributed by atoms with E-state index in [1.807, 2.05) is 0 Å². The van der Waals surface area contributed by atoms with Gasteiger partial charge in [-0.15, -0.1) is 0 Å². The molecule has 0 aromatic carbocycles. The molecule has 0 amide bonds. The fourth-order valence-corrected chi connectivity index (χ4v) is 6.87. The van der Waals surface area contributed by atoms with Crippen molar-refractivity contribution in [2.45, 2.75) is 97.4 Å². The first-order valence-corrected chi connectivity index (χ1v) is 11.8. The number of hydrogen-bond acceptors (Lipinski definition) is 0. The van der Waals surface area contributed by atoms with Gasteiger partial charge in [-0.3, -0.25) is 0 Å². The second-order valence-corrected chi connectivity index (χ2v) is 10.6. The van der Waals surface area contributed by atoms with E-state index in [-0.39, 0.29) is 23.1 Å². The summed E-state index contributed by atoms with van der Waals surface area (Å²) in [6, 6.07) is 0. The molecular weight excluding hydrogens is 292 g/mol. The summed E-state index contributed by atoms with van der Waals surface area (Å²) in [7, 11) is 0. The summed E-state index contributed by atoms with van der Waals surface area (Å²) >= 11 is -0.407. The van der Waals surface area contributed by atoms with E-state index in [0.717, 1.165) is 24.2 Å². The molecule has 0 aliphatic heterocycles. The summed E-state index contributed by atoms with van der Waals surface area (Å²) < 4.78 is 0. The van der Waals surface area contributed by atoms with Crippen molar-refractivity contribution in [1.82, 2.24) is 0 Å². The molecule has 0 rings (SSSR count). The van der Waals surface area contributed by atoms with E-state index in [2.05, 4.69) is 75.7 Å². The predicted molar refractivity (Wildman–Crippen MR) is 111 cm³/mol. The Labute approximate surface area is 165 Å². The van der Waals surface area contributed by atoms with Gasteiger partial charge in [-0.25, -0.2) is 0 Å². The van der Waals surface area contributed by atoms with E-state index in [4.69, 9.17) is 0 Å². The van der Waals surface area contributed by atoms with Gasteiger partial charge in [0.15, 0.2) is 0 Å². The van der Waals surface area contributed by atoms with Crippen LogP contribution in [-0.2, 0) is 0 Å². The Bertz CT molecular complexity index is 135. The van der Waals surface area contributed by atoms with Crippen LogP contribution in [0.4, 0.5) is 0 Å². The maximum atomic E-state index is 3.60. The maximum Gasteiger partial charge on any atom is 2.00 e. The Kier molecular flexibility index (Phi) is 34.7. The molecule has 0 nitrogen and oxygen atoms in total. The average Bonchev–Trinajstić information content (AvgIpc) is 2.37. The quantitative estimate of drug-likeness (QED) is 0.322. The monoisotopic (exact) mass is 336 g/mol. The third kappa shape index (κ3) is 37.5. The van der Waals surface area contributed by atoms with Gasteiger partial charge in [0, 0.05) is 0 Å². The van der Waals surface area contributed by atoms with Gasteiger partial charge in [0.1, 0.15) is 0 Å². The first-order chi connectivity index (χ1) is 9.74. The molecule has 22 heavy (non-hydrogen) atoms. The largest absolute Gasteiger partial charge is 2.00 e. The van der Waals surface area contributed by atoms with Crippen molar-refractivity contribution in [2.75, 3.05) is 0 Å². The van der Waals surface area contributed by atoms with Gasteiger partial charge in [0.2, 0.25) is 0 Å². The summed E-state index contributed by atoms with van der Waals surface area (Å²) in [5, 5.41) is 4.66. The number of hydrogen-bond donors (Lipinski definition) is 0. The van der Waals surface area contributed by atoms with E-state index in [1.165, 1.54) is 12.8 Å². The Balaban J connectivity index is -0.000000150. The van der Waals surface area contributed by atoms with Gasteiger partial charge >= 0.3 is 23.1 Å². The Morgan fingerprint density at radius 2 is 1.05 bits per heavy atom. The summed E-state index contributed by atoms with van der Waals surface area (Å²) in [5.74, 6) is 2.78. The fourth-order valence-electron chi connectivity index (χ4n) is 2.29. The third-order valence-corrected chi connectivity index (χ3v) is 8.00. The van der Waals surface area contributed by atoms with E-state index >= 15 is 0 Å². The molecule has 0 aliphatic rings. The van der Waals surface area contributed by atoms with Crippen molar-refractivity contribution in [3.63, 3.8) is 0 Å². The van der Waals surface area contributed by atoms with Crippen molar-refractivity contribution >= 4 is 37.2 Å². The van der Waals surface area contributed by atoms with Crippen molar-refractivity contribution in [3.05, 3.63) is 13.3 Å². The third-order valence-electron chi connectivity index (χ3n) is 3.18. The van der Waals surface area contributed by atoms with Crippen LogP contribution in [0, 0.1) is 31.1 Å². The van der Waals surface area contributed by atoms with Crippen molar-refractivity contribution < 1.29 is 0 Å². The molecule has 0 spiro atoms. The Morgan fingerprint density at radius 3 is 1.14 bits per heavy atom. The molecule has 0 aromatic rings. The zero-order chi connectivity index (χ0) is 17.3. The number of unbranched alkanes of at least 4 members (excludes halogenated alkanes) is 2. The van der Waals surface area contributed by atoms with Crippen LogP contribution in [0.2, 0.25) is 15.8 Å². The first-order valence-electron chi connectivity index (χ1n) is 9.31. The second kappa shape index (κ2) is 24.5. The maximum absolute atomic E-state index is 3.60. The van der Waals surface area contributed by atoms with Crippen LogP contribution in [0.5, 0.6) is 0 Å². The molecular formula is C20H45AlMg. The molecule has 2 heteroatoms. The second-order valence-electron chi connectivity index (χ2n) is 7.42. The average molecular weight is 337 g/mol. The van der Waals surface area contributed by atoms with Crippen LogP contribution in [-0.4, -0.2) is 37.2 Å². The van der Waals surface area contributed by atoms with Crippen molar-refractivity contribution in [2.24, 2.45) is 17.8 Å². The standard InChI is InChI=1S/5C4H9.Al.Mg/c3*1-4(2)3;2*1-3-4-2;;/h3*4H,1H2,2-3H3;3H,4H2,1-2H3;1,3-4H2,2H3;;/q;;;2*-1;;+2. The molecule has 0 aliphatic carbocycles. The van der Waals surface area contributed by atoms with Crippen LogP contribution in [0.3, 0.4) is 0 Å².